The molecule has 3 aliphatic rings. The molecule has 0 spiro atoms. The van der Waals surface area contributed by atoms with Crippen LogP contribution < -0.4 is 5.73 Å². The first-order chi connectivity index (χ1) is 9.72. The summed E-state index contributed by atoms with van der Waals surface area (Å²) in [6.07, 6.45) is 9.25. The van der Waals surface area contributed by atoms with Crippen LogP contribution in [0.5, 0.6) is 0 Å². The average molecular weight is 406 g/mol. The molecule has 21 heavy (non-hydrogen) atoms. The summed E-state index contributed by atoms with van der Waals surface area (Å²) in [5.74, 6) is 1.57. The number of nitrogens with zero attached hydrogens (tertiary/aromatic N) is 3. The summed E-state index contributed by atoms with van der Waals surface area (Å²) in [5, 5.41) is 0. The van der Waals surface area contributed by atoms with Gasteiger partial charge in [0.25, 0.3) is 0 Å². The number of hydrogen-bond donors (Lipinski definition) is 1. The Balaban J connectivity index is 0.00000161. The lowest BCUT2D eigenvalue weighted by atomic mass is 9.85. The third-order valence-corrected chi connectivity index (χ3v) is 5.29. The first kappa shape index (κ1) is 17.3. The van der Waals surface area contributed by atoms with Gasteiger partial charge in [-0.25, -0.2) is 4.99 Å². The van der Waals surface area contributed by atoms with Crippen LogP contribution in [-0.2, 0) is 0 Å². The number of halogens is 1. The molecule has 0 radical (unpaired) electrons. The van der Waals surface area contributed by atoms with E-state index in [1.54, 1.807) is 0 Å². The molecule has 1 saturated carbocycles. The largest absolute Gasteiger partial charge is 0.370 e. The van der Waals surface area contributed by atoms with Crippen LogP contribution >= 0.6 is 24.0 Å². The Labute approximate surface area is 146 Å². The maximum absolute atomic E-state index is 6.21. The van der Waals surface area contributed by atoms with Gasteiger partial charge in [0.1, 0.15) is 0 Å². The molecule has 1 aliphatic carbocycles. The van der Waals surface area contributed by atoms with Crippen LogP contribution in [0.15, 0.2) is 4.99 Å². The van der Waals surface area contributed by atoms with Crippen molar-refractivity contribution in [3.05, 3.63) is 0 Å². The van der Waals surface area contributed by atoms with E-state index in [4.69, 9.17) is 10.7 Å². The topological polar surface area (TPSA) is 44.9 Å². The van der Waals surface area contributed by atoms with Crippen molar-refractivity contribution in [1.29, 1.82) is 0 Å². The van der Waals surface area contributed by atoms with Gasteiger partial charge in [-0.3, -0.25) is 0 Å². The van der Waals surface area contributed by atoms with Crippen LogP contribution in [0.1, 0.15) is 51.9 Å². The van der Waals surface area contributed by atoms with Crippen molar-refractivity contribution in [2.75, 3.05) is 26.2 Å². The quantitative estimate of drug-likeness (QED) is 0.436. The monoisotopic (exact) mass is 406 g/mol. The summed E-state index contributed by atoms with van der Waals surface area (Å²) >= 11 is 0. The molecule has 2 heterocycles. The van der Waals surface area contributed by atoms with E-state index in [0.29, 0.717) is 6.04 Å². The Bertz CT molecular complexity index is 348. The van der Waals surface area contributed by atoms with Crippen LogP contribution in [0, 0.1) is 5.92 Å². The van der Waals surface area contributed by atoms with Crippen LogP contribution in [0.4, 0.5) is 0 Å². The smallest absolute Gasteiger partial charge is 0.191 e. The fourth-order valence-corrected chi connectivity index (χ4v) is 3.91. The second-order valence-corrected chi connectivity index (χ2v) is 7.06. The van der Waals surface area contributed by atoms with Gasteiger partial charge in [-0.1, -0.05) is 13.3 Å². The van der Waals surface area contributed by atoms with E-state index < -0.39 is 0 Å². The number of rotatable bonds is 2. The molecule has 0 aromatic rings. The zero-order valence-corrected chi connectivity index (χ0v) is 15.7. The van der Waals surface area contributed by atoms with E-state index in [-0.39, 0.29) is 24.0 Å². The van der Waals surface area contributed by atoms with E-state index in [1.165, 1.54) is 58.0 Å². The van der Waals surface area contributed by atoms with E-state index in [1.807, 2.05) is 0 Å². The summed E-state index contributed by atoms with van der Waals surface area (Å²) in [7, 11) is 0. The molecule has 2 aliphatic heterocycles. The van der Waals surface area contributed by atoms with Crippen LogP contribution in [-0.4, -0.2) is 54.0 Å². The van der Waals surface area contributed by atoms with Crippen LogP contribution in [0.3, 0.4) is 0 Å². The van der Waals surface area contributed by atoms with Gasteiger partial charge < -0.3 is 15.5 Å². The maximum Gasteiger partial charge on any atom is 0.191 e. The van der Waals surface area contributed by atoms with Crippen molar-refractivity contribution < 1.29 is 0 Å². The minimum atomic E-state index is 0. The van der Waals surface area contributed by atoms with Crippen molar-refractivity contribution in [3.8, 4) is 0 Å². The molecular weight excluding hydrogens is 375 g/mol. The molecule has 3 fully saturated rings. The highest BCUT2D eigenvalue weighted by Crippen LogP contribution is 2.30. The van der Waals surface area contributed by atoms with Crippen molar-refractivity contribution in [3.63, 3.8) is 0 Å². The molecule has 0 amide bonds. The molecular formula is C16H31IN4. The van der Waals surface area contributed by atoms with Gasteiger partial charge in [0.05, 0.1) is 6.04 Å². The number of nitrogens with two attached hydrogens (primary N) is 1. The number of hydrogen-bond acceptors (Lipinski definition) is 2. The molecule has 2 saturated heterocycles. The highest BCUT2D eigenvalue weighted by Gasteiger charge is 2.34. The molecule has 3 rings (SSSR count). The predicted octanol–water partition coefficient (Wildman–Crippen LogP) is 2.67. The van der Waals surface area contributed by atoms with Gasteiger partial charge in [-0.05, 0) is 57.5 Å². The highest BCUT2D eigenvalue weighted by atomic mass is 127. The van der Waals surface area contributed by atoms with E-state index in [0.717, 1.165) is 31.0 Å². The summed E-state index contributed by atoms with van der Waals surface area (Å²) in [5.41, 5.74) is 6.21. The standard InChI is InChI=1S/C16H30N4.HI/c1-13-6-5-9-20(12-13)16(17)18-14-10-15(11-14)19-7-3-2-4-8-19;/h13-15H,2-12H2,1H3,(H2,17,18);1H. The first-order valence-electron chi connectivity index (χ1n) is 8.54. The Hall–Kier alpha value is -0.0400. The molecule has 1 unspecified atom stereocenters. The predicted molar refractivity (Wildman–Crippen MR) is 99.2 cm³/mol. The second kappa shape index (κ2) is 7.99. The number of aliphatic imine (C=N–C) groups is 1. The third-order valence-electron chi connectivity index (χ3n) is 5.29. The van der Waals surface area contributed by atoms with Gasteiger partial charge in [0.2, 0.25) is 0 Å². The highest BCUT2D eigenvalue weighted by molar-refractivity contribution is 14.0. The zero-order chi connectivity index (χ0) is 13.9. The number of guanidine groups is 1. The number of piperidine rings is 2. The van der Waals surface area contributed by atoms with E-state index >= 15 is 0 Å². The van der Waals surface area contributed by atoms with E-state index in [2.05, 4.69) is 16.7 Å². The Morgan fingerprint density at radius 2 is 1.76 bits per heavy atom. The molecule has 1 atom stereocenters. The van der Waals surface area contributed by atoms with E-state index in [9.17, 15) is 0 Å². The summed E-state index contributed by atoms with van der Waals surface area (Å²) in [4.78, 5) is 9.75. The lowest BCUT2D eigenvalue weighted by molar-refractivity contribution is 0.0906. The zero-order valence-electron chi connectivity index (χ0n) is 13.3. The average Bonchev–Trinajstić information content (AvgIpc) is 2.43. The van der Waals surface area contributed by atoms with Gasteiger partial charge in [-0.15, -0.1) is 24.0 Å². The van der Waals surface area contributed by atoms with Crippen LogP contribution in [0.25, 0.3) is 0 Å². The molecule has 122 valence electrons. The van der Waals surface area contributed by atoms with Gasteiger partial charge >= 0.3 is 0 Å². The van der Waals surface area contributed by atoms with Gasteiger partial charge in [0, 0.05) is 19.1 Å². The van der Waals surface area contributed by atoms with Crippen molar-refractivity contribution >= 4 is 29.9 Å². The van der Waals surface area contributed by atoms with Crippen molar-refractivity contribution in [2.45, 2.75) is 64.0 Å². The summed E-state index contributed by atoms with van der Waals surface area (Å²) < 4.78 is 0. The normalized spacial score (nSPS) is 35.0. The molecule has 0 aromatic heterocycles. The molecule has 0 bridgehead atoms. The molecule has 0 aromatic carbocycles. The third kappa shape index (κ3) is 4.47. The SMILES string of the molecule is CC1CCCN(C(N)=NC2CC(N3CCCCC3)C2)C1.I. The second-order valence-electron chi connectivity index (χ2n) is 7.06. The Morgan fingerprint density at radius 1 is 1.05 bits per heavy atom. The van der Waals surface area contributed by atoms with Gasteiger partial charge in [0.15, 0.2) is 5.96 Å². The lowest BCUT2D eigenvalue weighted by Gasteiger charge is -2.43. The molecule has 4 nitrogen and oxygen atoms in total. The Morgan fingerprint density at radius 3 is 2.43 bits per heavy atom. The van der Waals surface area contributed by atoms with Crippen molar-refractivity contribution in [1.82, 2.24) is 9.80 Å². The molecule has 2 N–H and O–H groups in total. The van der Waals surface area contributed by atoms with Gasteiger partial charge in [-0.2, -0.15) is 0 Å². The Kier molecular flexibility index (Phi) is 6.59. The molecule has 5 heteroatoms. The van der Waals surface area contributed by atoms with Crippen molar-refractivity contribution in [2.24, 2.45) is 16.6 Å². The summed E-state index contributed by atoms with van der Waals surface area (Å²) in [6.45, 7) is 7.12. The fraction of sp³-hybridized carbons (Fsp3) is 0.938. The first-order valence-corrected chi connectivity index (χ1v) is 8.54. The minimum Gasteiger partial charge on any atom is -0.370 e. The maximum atomic E-state index is 6.21. The fourth-order valence-electron chi connectivity index (χ4n) is 3.91. The number of likely N-dealkylation sites (tertiary alicyclic amines) is 2. The van der Waals surface area contributed by atoms with Crippen LogP contribution in [0.2, 0.25) is 0 Å². The lowest BCUT2D eigenvalue weighted by Crippen LogP contribution is -2.50. The minimum absolute atomic E-state index is 0. The summed E-state index contributed by atoms with van der Waals surface area (Å²) in [6, 6.07) is 1.27.